The lowest BCUT2D eigenvalue weighted by atomic mass is 10.3. The maximum absolute atomic E-state index is 13.0. The number of fused-ring (bicyclic) bond motifs is 1. The highest BCUT2D eigenvalue weighted by atomic mass is 32.2. The zero-order valence-electron chi connectivity index (χ0n) is 17.7. The van der Waals surface area contributed by atoms with Crippen LogP contribution in [0.25, 0.3) is 11.1 Å². The number of carbonyl (C=O) groups excluding carboxylic acids is 1. The first-order valence-corrected chi connectivity index (χ1v) is 11.4. The molecule has 1 aromatic heterocycles. The second kappa shape index (κ2) is 8.67. The quantitative estimate of drug-likeness (QED) is 0.541. The predicted molar refractivity (Wildman–Crippen MR) is 115 cm³/mol. The van der Waals surface area contributed by atoms with E-state index < -0.39 is 15.8 Å². The first-order valence-electron chi connectivity index (χ1n) is 9.93. The molecule has 0 saturated carbocycles. The van der Waals surface area contributed by atoms with Crippen molar-refractivity contribution in [3.63, 3.8) is 0 Å². The van der Waals surface area contributed by atoms with E-state index in [1.165, 1.54) is 35.2 Å². The zero-order valence-corrected chi connectivity index (χ0v) is 18.5. The topological polar surface area (TPSA) is 111 Å². The van der Waals surface area contributed by atoms with Gasteiger partial charge in [-0.2, -0.15) is 4.31 Å². The number of hydrogen-bond donors (Lipinski definition) is 0. The number of nitrogens with zero attached hydrogens (tertiary/aromatic N) is 3. The number of hydrogen-bond acceptors (Lipinski definition) is 7. The van der Waals surface area contributed by atoms with Crippen LogP contribution in [0.3, 0.4) is 0 Å². The Bertz CT molecular complexity index is 1300. The van der Waals surface area contributed by atoms with Crippen LogP contribution in [-0.2, 0) is 21.4 Å². The van der Waals surface area contributed by atoms with Gasteiger partial charge in [-0.05, 0) is 24.3 Å². The molecule has 32 heavy (non-hydrogen) atoms. The van der Waals surface area contributed by atoms with Gasteiger partial charge in [-0.25, -0.2) is 13.2 Å². The summed E-state index contributed by atoms with van der Waals surface area (Å²) in [6.07, 6.45) is 0. The Morgan fingerprint density at radius 1 is 1.00 bits per heavy atom. The number of benzene rings is 2. The number of methoxy groups -OCH3 is 2. The number of para-hydroxylation sites is 2. The summed E-state index contributed by atoms with van der Waals surface area (Å²) in [7, 11) is -0.852. The Balaban J connectivity index is 1.45. The number of rotatable bonds is 6. The molecule has 1 saturated heterocycles. The largest absolute Gasteiger partial charge is 0.493 e. The lowest BCUT2D eigenvalue weighted by Crippen LogP contribution is -2.51. The van der Waals surface area contributed by atoms with Crippen LogP contribution >= 0.6 is 0 Å². The van der Waals surface area contributed by atoms with Gasteiger partial charge in [0.2, 0.25) is 15.9 Å². The summed E-state index contributed by atoms with van der Waals surface area (Å²) in [5.41, 5.74) is 0.955. The summed E-state index contributed by atoms with van der Waals surface area (Å²) in [5, 5.41) is 0. The average Bonchev–Trinajstić information content (AvgIpc) is 3.13. The minimum Gasteiger partial charge on any atom is -0.493 e. The molecule has 170 valence electrons. The molecule has 1 amide bonds. The molecule has 10 nitrogen and oxygen atoms in total. The van der Waals surface area contributed by atoms with Crippen molar-refractivity contribution < 1.29 is 27.1 Å². The third-order valence-corrected chi connectivity index (χ3v) is 7.35. The van der Waals surface area contributed by atoms with Crippen LogP contribution in [-0.4, -0.2) is 68.5 Å². The Hall–Kier alpha value is -3.31. The molecule has 0 atom stereocenters. The summed E-state index contributed by atoms with van der Waals surface area (Å²) in [6.45, 7) is 0.553. The van der Waals surface area contributed by atoms with E-state index >= 15 is 0 Å². The highest BCUT2D eigenvalue weighted by Crippen LogP contribution is 2.31. The standard InChI is InChI=1S/C21H23N3O7S/c1-29-18-8-7-15(13-19(18)30-2)32(27,28)23-11-9-22(10-12-23)20(25)14-24-16-5-3-4-6-17(16)31-21(24)26/h3-8,13H,9-12,14H2,1-2H3. The van der Waals surface area contributed by atoms with Gasteiger partial charge in [0.1, 0.15) is 6.54 Å². The fraction of sp³-hybridized carbons (Fsp3) is 0.333. The van der Waals surface area contributed by atoms with E-state index in [1.54, 1.807) is 35.2 Å². The van der Waals surface area contributed by atoms with E-state index in [4.69, 9.17) is 13.9 Å². The van der Waals surface area contributed by atoms with Gasteiger partial charge < -0.3 is 18.8 Å². The Kier molecular flexibility index (Phi) is 5.94. The third kappa shape index (κ3) is 3.96. The SMILES string of the molecule is COc1ccc(S(=O)(=O)N2CCN(C(=O)Cn3c(=O)oc4ccccc43)CC2)cc1OC. The van der Waals surface area contributed by atoms with E-state index in [0.717, 1.165) is 0 Å². The van der Waals surface area contributed by atoms with Crippen LogP contribution in [0.1, 0.15) is 0 Å². The number of ether oxygens (including phenoxy) is 2. The maximum atomic E-state index is 13.0. The van der Waals surface area contributed by atoms with Gasteiger partial charge in [0.25, 0.3) is 0 Å². The molecule has 1 aliphatic heterocycles. The number of sulfonamides is 1. The molecular weight excluding hydrogens is 438 g/mol. The van der Waals surface area contributed by atoms with Crippen LogP contribution in [0.4, 0.5) is 0 Å². The summed E-state index contributed by atoms with van der Waals surface area (Å²) in [6, 6.07) is 11.3. The molecule has 0 N–H and O–H groups in total. The van der Waals surface area contributed by atoms with Crippen molar-refractivity contribution in [1.29, 1.82) is 0 Å². The number of amides is 1. The monoisotopic (exact) mass is 461 g/mol. The molecule has 0 spiro atoms. The van der Waals surface area contributed by atoms with Crippen molar-refractivity contribution in [2.75, 3.05) is 40.4 Å². The van der Waals surface area contributed by atoms with E-state index in [2.05, 4.69) is 0 Å². The van der Waals surface area contributed by atoms with Crippen molar-refractivity contribution in [3.05, 3.63) is 53.0 Å². The van der Waals surface area contributed by atoms with E-state index in [9.17, 15) is 18.0 Å². The summed E-state index contributed by atoms with van der Waals surface area (Å²) in [4.78, 5) is 26.5. The molecule has 4 rings (SSSR count). The van der Waals surface area contributed by atoms with E-state index in [-0.39, 0.29) is 43.5 Å². The smallest absolute Gasteiger partial charge is 0.420 e. The second-order valence-corrected chi connectivity index (χ2v) is 9.16. The van der Waals surface area contributed by atoms with Gasteiger partial charge in [-0.15, -0.1) is 0 Å². The van der Waals surface area contributed by atoms with Crippen molar-refractivity contribution >= 4 is 27.0 Å². The van der Waals surface area contributed by atoms with Crippen molar-refractivity contribution in [2.24, 2.45) is 0 Å². The van der Waals surface area contributed by atoms with Gasteiger partial charge in [-0.1, -0.05) is 12.1 Å². The first-order chi connectivity index (χ1) is 15.3. The van der Waals surface area contributed by atoms with Crippen LogP contribution < -0.4 is 15.2 Å². The molecule has 2 heterocycles. The number of carbonyl (C=O) groups is 1. The highest BCUT2D eigenvalue weighted by molar-refractivity contribution is 7.89. The maximum Gasteiger partial charge on any atom is 0.420 e. The Labute approximate surface area is 184 Å². The first kappa shape index (κ1) is 21.9. The van der Waals surface area contributed by atoms with Crippen LogP contribution in [0.15, 0.2) is 56.6 Å². The molecule has 0 radical (unpaired) electrons. The molecule has 0 bridgehead atoms. The van der Waals surface area contributed by atoms with Crippen molar-refractivity contribution in [2.45, 2.75) is 11.4 Å². The van der Waals surface area contributed by atoms with Crippen molar-refractivity contribution in [3.8, 4) is 11.5 Å². The molecule has 3 aromatic rings. The molecule has 2 aromatic carbocycles. The fourth-order valence-corrected chi connectivity index (χ4v) is 5.14. The number of piperazine rings is 1. The Morgan fingerprint density at radius 2 is 1.69 bits per heavy atom. The van der Waals surface area contributed by atoms with Gasteiger partial charge in [-0.3, -0.25) is 9.36 Å². The van der Waals surface area contributed by atoms with Crippen LogP contribution in [0.5, 0.6) is 11.5 Å². The normalized spacial score (nSPS) is 15.1. The lowest BCUT2D eigenvalue weighted by Gasteiger charge is -2.34. The molecular formula is C21H23N3O7S. The lowest BCUT2D eigenvalue weighted by molar-refractivity contribution is -0.133. The molecule has 1 fully saturated rings. The van der Waals surface area contributed by atoms with Gasteiger partial charge in [0.05, 0.1) is 24.6 Å². The fourth-order valence-electron chi connectivity index (χ4n) is 3.70. The third-order valence-electron chi connectivity index (χ3n) is 5.45. The average molecular weight is 461 g/mol. The minimum atomic E-state index is -3.76. The summed E-state index contributed by atoms with van der Waals surface area (Å²) < 4.78 is 44.2. The predicted octanol–water partition coefficient (Wildman–Crippen LogP) is 1.14. The second-order valence-electron chi connectivity index (χ2n) is 7.22. The van der Waals surface area contributed by atoms with Gasteiger partial charge >= 0.3 is 5.76 Å². The van der Waals surface area contributed by atoms with Crippen molar-refractivity contribution in [1.82, 2.24) is 13.8 Å². The highest BCUT2D eigenvalue weighted by Gasteiger charge is 2.31. The van der Waals surface area contributed by atoms with Gasteiger partial charge in [0, 0.05) is 32.2 Å². The molecule has 1 aliphatic rings. The minimum absolute atomic E-state index is 0.0892. The summed E-state index contributed by atoms with van der Waals surface area (Å²) >= 11 is 0. The molecule has 11 heteroatoms. The van der Waals surface area contributed by atoms with Crippen LogP contribution in [0.2, 0.25) is 0 Å². The van der Waals surface area contributed by atoms with Gasteiger partial charge in [0.15, 0.2) is 17.1 Å². The molecule has 0 aliphatic carbocycles. The zero-order chi connectivity index (χ0) is 22.9. The number of oxazole rings is 1. The number of aromatic nitrogens is 1. The molecule has 0 unspecified atom stereocenters. The van der Waals surface area contributed by atoms with E-state index in [1.807, 2.05) is 0 Å². The van der Waals surface area contributed by atoms with E-state index in [0.29, 0.717) is 22.6 Å². The Morgan fingerprint density at radius 3 is 2.38 bits per heavy atom. The summed E-state index contributed by atoms with van der Waals surface area (Å²) in [5.74, 6) is -0.125. The van der Waals surface area contributed by atoms with Crippen LogP contribution in [0, 0.1) is 0 Å².